The van der Waals surface area contributed by atoms with E-state index in [-0.39, 0.29) is 6.54 Å². The summed E-state index contributed by atoms with van der Waals surface area (Å²) >= 11 is 6.26. The molecule has 5 heteroatoms. The molecule has 0 amide bonds. The van der Waals surface area contributed by atoms with E-state index in [0.717, 1.165) is 22.2 Å². The van der Waals surface area contributed by atoms with Crippen LogP contribution < -0.4 is 5.73 Å². The van der Waals surface area contributed by atoms with Gasteiger partial charge in [0, 0.05) is 30.2 Å². The van der Waals surface area contributed by atoms with Gasteiger partial charge in [-0.1, -0.05) is 17.7 Å². The van der Waals surface area contributed by atoms with Crippen LogP contribution in [0, 0.1) is 12.8 Å². The van der Waals surface area contributed by atoms with Gasteiger partial charge in [0.05, 0.1) is 10.9 Å². The van der Waals surface area contributed by atoms with Crippen LogP contribution in [0.4, 0.5) is 0 Å². The van der Waals surface area contributed by atoms with Crippen LogP contribution >= 0.6 is 11.6 Å². The minimum absolute atomic E-state index is 0.121. The summed E-state index contributed by atoms with van der Waals surface area (Å²) in [4.78, 5) is 11.2. The third-order valence-electron chi connectivity index (χ3n) is 3.68. The molecule has 0 saturated carbocycles. The van der Waals surface area contributed by atoms with Crippen molar-refractivity contribution in [1.82, 2.24) is 4.57 Å². The van der Waals surface area contributed by atoms with E-state index in [1.54, 1.807) is 0 Å². The number of nitrogens with zero attached hydrogens (tertiary/aromatic N) is 1. The van der Waals surface area contributed by atoms with E-state index < -0.39 is 11.9 Å². The second-order valence-corrected chi connectivity index (χ2v) is 5.14. The first-order valence-corrected chi connectivity index (χ1v) is 6.50. The highest BCUT2D eigenvalue weighted by Gasteiger charge is 2.22. The summed E-state index contributed by atoms with van der Waals surface area (Å²) < 4.78 is 2.03. The largest absolute Gasteiger partial charge is 0.481 e. The molecule has 3 N–H and O–H groups in total. The van der Waals surface area contributed by atoms with Crippen LogP contribution in [0.1, 0.15) is 11.3 Å². The highest BCUT2D eigenvalue weighted by Crippen LogP contribution is 2.32. The van der Waals surface area contributed by atoms with Crippen molar-refractivity contribution in [2.75, 3.05) is 6.54 Å². The minimum atomic E-state index is -0.869. The Labute approximate surface area is 116 Å². The lowest BCUT2D eigenvalue weighted by atomic mass is 9.97. The van der Waals surface area contributed by atoms with Crippen LogP contribution in [0.2, 0.25) is 5.02 Å². The first-order chi connectivity index (χ1) is 8.97. The number of carboxylic acid groups (broad SMARTS) is 1. The molecule has 0 bridgehead atoms. The molecule has 2 rings (SSSR count). The van der Waals surface area contributed by atoms with Crippen LogP contribution in [0.25, 0.3) is 10.9 Å². The number of aliphatic carboxylic acids is 1. The van der Waals surface area contributed by atoms with Gasteiger partial charge in [0.25, 0.3) is 0 Å². The standard InChI is InChI=1S/C14H17ClN2O2/c1-8-10(6-9(7-16)14(18)19)13-11(15)4-3-5-12(13)17(8)2/h3-5,9H,6-7,16H2,1-2H3,(H,18,19). The van der Waals surface area contributed by atoms with Gasteiger partial charge in [-0.2, -0.15) is 0 Å². The van der Waals surface area contributed by atoms with Crippen LogP contribution in [-0.2, 0) is 18.3 Å². The maximum atomic E-state index is 11.2. The second-order valence-electron chi connectivity index (χ2n) is 4.73. The summed E-state index contributed by atoms with van der Waals surface area (Å²) in [5.74, 6) is -1.45. The van der Waals surface area contributed by atoms with Gasteiger partial charge >= 0.3 is 5.97 Å². The fourth-order valence-corrected chi connectivity index (χ4v) is 2.71. The first kappa shape index (κ1) is 13.9. The Morgan fingerprint density at radius 2 is 2.21 bits per heavy atom. The zero-order valence-electron chi connectivity index (χ0n) is 11.0. The van der Waals surface area contributed by atoms with Crippen LogP contribution in [0.5, 0.6) is 0 Å². The number of benzene rings is 1. The number of hydrogen-bond acceptors (Lipinski definition) is 2. The topological polar surface area (TPSA) is 68.2 Å². The molecular formula is C14H17ClN2O2. The molecule has 1 aromatic carbocycles. The van der Waals surface area contributed by atoms with E-state index >= 15 is 0 Å². The number of fused-ring (bicyclic) bond motifs is 1. The molecule has 0 radical (unpaired) electrons. The maximum absolute atomic E-state index is 11.2. The normalized spacial score (nSPS) is 12.8. The first-order valence-electron chi connectivity index (χ1n) is 6.12. The summed E-state index contributed by atoms with van der Waals surface area (Å²) in [7, 11) is 1.95. The quantitative estimate of drug-likeness (QED) is 0.903. The van der Waals surface area contributed by atoms with Gasteiger partial charge in [-0.15, -0.1) is 0 Å². The fourth-order valence-electron chi connectivity index (χ4n) is 2.42. The van der Waals surface area contributed by atoms with E-state index in [0.29, 0.717) is 11.4 Å². The number of rotatable bonds is 4. The second kappa shape index (κ2) is 5.23. The molecule has 1 atom stereocenters. The summed E-state index contributed by atoms with van der Waals surface area (Å²) in [5, 5.41) is 10.7. The minimum Gasteiger partial charge on any atom is -0.481 e. The third-order valence-corrected chi connectivity index (χ3v) is 3.99. The summed E-state index contributed by atoms with van der Waals surface area (Å²) in [6.45, 7) is 2.09. The smallest absolute Gasteiger partial charge is 0.308 e. The maximum Gasteiger partial charge on any atom is 0.308 e. The summed E-state index contributed by atoms with van der Waals surface area (Å²) in [6, 6.07) is 5.70. The van der Waals surface area contributed by atoms with Gasteiger partial charge in [0.15, 0.2) is 0 Å². The monoisotopic (exact) mass is 280 g/mol. The van der Waals surface area contributed by atoms with Gasteiger partial charge < -0.3 is 15.4 Å². The zero-order valence-corrected chi connectivity index (χ0v) is 11.7. The SMILES string of the molecule is Cc1c(CC(CN)C(=O)O)c2c(Cl)cccc2n1C. The molecule has 0 fully saturated rings. The molecule has 1 unspecified atom stereocenters. The lowest BCUT2D eigenvalue weighted by Crippen LogP contribution is -2.25. The number of hydrogen-bond donors (Lipinski definition) is 2. The fraction of sp³-hybridized carbons (Fsp3) is 0.357. The Morgan fingerprint density at radius 3 is 2.79 bits per heavy atom. The van der Waals surface area contributed by atoms with Crippen molar-refractivity contribution < 1.29 is 9.90 Å². The Bertz CT molecular complexity index is 634. The Morgan fingerprint density at radius 1 is 1.53 bits per heavy atom. The van der Waals surface area contributed by atoms with Crippen molar-refractivity contribution in [2.45, 2.75) is 13.3 Å². The highest BCUT2D eigenvalue weighted by molar-refractivity contribution is 6.35. The van der Waals surface area contributed by atoms with Crippen molar-refractivity contribution >= 4 is 28.5 Å². The van der Waals surface area contributed by atoms with E-state index in [9.17, 15) is 4.79 Å². The van der Waals surface area contributed by atoms with E-state index in [4.69, 9.17) is 22.4 Å². The number of aromatic nitrogens is 1. The van der Waals surface area contributed by atoms with Gasteiger partial charge in [-0.05, 0) is 31.0 Å². The molecule has 1 heterocycles. The highest BCUT2D eigenvalue weighted by atomic mass is 35.5. The molecule has 102 valence electrons. The molecule has 4 nitrogen and oxygen atoms in total. The molecule has 2 aromatic rings. The molecule has 0 aliphatic heterocycles. The predicted octanol–water partition coefficient (Wildman–Crippen LogP) is 2.34. The Hall–Kier alpha value is -1.52. The summed E-state index contributed by atoms with van der Waals surface area (Å²) in [6.07, 6.45) is 0.402. The van der Waals surface area contributed by atoms with Crippen LogP contribution in [0.3, 0.4) is 0 Å². The third kappa shape index (κ3) is 2.33. The van der Waals surface area contributed by atoms with Gasteiger partial charge in [0.1, 0.15) is 0 Å². The van der Waals surface area contributed by atoms with Crippen LogP contribution in [0.15, 0.2) is 18.2 Å². The summed E-state index contributed by atoms with van der Waals surface area (Å²) in [5.41, 5.74) is 8.56. The number of carbonyl (C=O) groups is 1. The van der Waals surface area contributed by atoms with Crippen molar-refractivity contribution in [3.63, 3.8) is 0 Å². The number of nitrogens with two attached hydrogens (primary N) is 1. The van der Waals surface area contributed by atoms with E-state index in [2.05, 4.69) is 0 Å². The molecule has 19 heavy (non-hydrogen) atoms. The molecule has 0 spiro atoms. The van der Waals surface area contributed by atoms with E-state index in [1.165, 1.54) is 0 Å². The molecule has 0 saturated heterocycles. The van der Waals surface area contributed by atoms with Gasteiger partial charge in [-0.25, -0.2) is 0 Å². The number of halogens is 1. The van der Waals surface area contributed by atoms with E-state index in [1.807, 2.05) is 36.7 Å². The van der Waals surface area contributed by atoms with Crippen molar-refractivity contribution in [2.24, 2.45) is 18.7 Å². The zero-order chi connectivity index (χ0) is 14.2. The Kier molecular flexibility index (Phi) is 3.83. The number of carboxylic acids is 1. The number of aryl methyl sites for hydroxylation is 1. The lowest BCUT2D eigenvalue weighted by molar-refractivity contribution is -0.141. The van der Waals surface area contributed by atoms with Crippen molar-refractivity contribution in [3.8, 4) is 0 Å². The molecular weight excluding hydrogens is 264 g/mol. The molecule has 0 aliphatic rings. The average Bonchev–Trinajstić information content (AvgIpc) is 2.61. The Balaban J connectivity index is 2.60. The van der Waals surface area contributed by atoms with Gasteiger partial charge in [0.2, 0.25) is 0 Å². The predicted molar refractivity (Wildman–Crippen MR) is 76.6 cm³/mol. The molecule has 0 aliphatic carbocycles. The lowest BCUT2D eigenvalue weighted by Gasteiger charge is -2.10. The van der Waals surface area contributed by atoms with Crippen molar-refractivity contribution in [3.05, 3.63) is 34.5 Å². The molecule has 1 aromatic heterocycles. The van der Waals surface area contributed by atoms with Crippen LogP contribution in [-0.4, -0.2) is 22.2 Å². The average molecular weight is 281 g/mol. The van der Waals surface area contributed by atoms with Crippen molar-refractivity contribution in [1.29, 1.82) is 0 Å². The van der Waals surface area contributed by atoms with Gasteiger partial charge in [-0.3, -0.25) is 4.79 Å².